The molecule has 0 fully saturated rings. The average Bonchev–Trinajstić information content (AvgIpc) is 2.77. The van der Waals surface area contributed by atoms with Crippen molar-refractivity contribution in [1.82, 2.24) is 19.6 Å². The Morgan fingerprint density at radius 1 is 1.11 bits per heavy atom. The number of aromatic nitrogens is 4. The van der Waals surface area contributed by atoms with Gasteiger partial charge in [0.25, 0.3) is 0 Å². The molecule has 3 rings (SSSR count). The first-order valence-corrected chi connectivity index (χ1v) is 6.52. The van der Waals surface area contributed by atoms with Crippen LogP contribution in [-0.4, -0.2) is 19.6 Å². The molecule has 7 heteroatoms. The summed E-state index contributed by atoms with van der Waals surface area (Å²) in [6.07, 6.45) is 3.13. The van der Waals surface area contributed by atoms with Gasteiger partial charge in [-0.3, -0.25) is 9.38 Å². The molecule has 18 heavy (non-hydrogen) atoms. The van der Waals surface area contributed by atoms with Crippen molar-refractivity contribution in [3.63, 3.8) is 0 Å². The summed E-state index contributed by atoms with van der Waals surface area (Å²) in [6.45, 7) is 0. The molecule has 1 aromatic carbocycles. The van der Waals surface area contributed by atoms with Crippen molar-refractivity contribution in [1.29, 1.82) is 0 Å². The van der Waals surface area contributed by atoms with Crippen molar-refractivity contribution in [2.24, 2.45) is 0 Å². The van der Waals surface area contributed by atoms with Gasteiger partial charge in [-0.1, -0.05) is 39.1 Å². The van der Waals surface area contributed by atoms with Crippen LogP contribution < -0.4 is 0 Å². The molecule has 0 saturated heterocycles. The highest BCUT2D eigenvalue weighted by Gasteiger charge is 2.14. The van der Waals surface area contributed by atoms with E-state index in [1.165, 1.54) is 6.20 Å². The zero-order valence-electron chi connectivity index (χ0n) is 8.81. The molecular formula is C11H5BrCl2N4. The smallest absolute Gasteiger partial charge is 0.180 e. The Kier molecular flexibility index (Phi) is 2.97. The maximum absolute atomic E-state index is 6.18. The topological polar surface area (TPSA) is 43.1 Å². The SMILES string of the molecule is Clc1ccc(Br)cc1-c1nnc2cncc(Cl)n12. The number of halogens is 3. The van der Waals surface area contributed by atoms with Crippen LogP contribution in [0.1, 0.15) is 0 Å². The molecule has 0 amide bonds. The van der Waals surface area contributed by atoms with E-state index in [2.05, 4.69) is 31.1 Å². The molecule has 0 aliphatic heterocycles. The standard InChI is InChI=1S/C11H5BrCl2N4/c12-6-1-2-8(13)7(3-6)11-17-16-10-5-15-4-9(14)18(10)11/h1-5H. The molecule has 2 heterocycles. The molecule has 4 nitrogen and oxygen atoms in total. The van der Waals surface area contributed by atoms with E-state index in [0.717, 1.165) is 10.0 Å². The molecule has 3 aromatic rings. The van der Waals surface area contributed by atoms with Crippen LogP contribution in [0, 0.1) is 0 Å². The van der Waals surface area contributed by atoms with Crippen LogP contribution in [0.15, 0.2) is 35.1 Å². The van der Waals surface area contributed by atoms with Crippen molar-refractivity contribution in [3.8, 4) is 11.4 Å². The summed E-state index contributed by atoms with van der Waals surface area (Å²) >= 11 is 15.7. The zero-order chi connectivity index (χ0) is 12.7. The van der Waals surface area contributed by atoms with Gasteiger partial charge in [0.1, 0.15) is 5.15 Å². The highest BCUT2D eigenvalue weighted by atomic mass is 79.9. The third-order valence-electron chi connectivity index (χ3n) is 2.44. The van der Waals surface area contributed by atoms with Gasteiger partial charge in [0, 0.05) is 10.0 Å². The zero-order valence-corrected chi connectivity index (χ0v) is 11.9. The van der Waals surface area contributed by atoms with Gasteiger partial charge < -0.3 is 0 Å². The predicted molar refractivity (Wildman–Crippen MR) is 73.9 cm³/mol. The van der Waals surface area contributed by atoms with Gasteiger partial charge in [-0.25, -0.2) is 0 Å². The van der Waals surface area contributed by atoms with E-state index in [4.69, 9.17) is 23.2 Å². The first-order valence-electron chi connectivity index (χ1n) is 4.97. The Hall–Kier alpha value is -1.17. The fourth-order valence-electron chi connectivity index (χ4n) is 1.66. The Balaban J connectivity index is 2.35. The Morgan fingerprint density at radius 2 is 1.94 bits per heavy atom. The molecule has 0 atom stereocenters. The number of hydrogen-bond donors (Lipinski definition) is 0. The van der Waals surface area contributed by atoms with E-state index < -0.39 is 0 Å². The van der Waals surface area contributed by atoms with Crippen LogP contribution in [-0.2, 0) is 0 Å². The average molecular weight is 344 g/mol. The summed E-state index contributed by atoms with van der Waals surface area (Å²) in [7, 11) is 0. The van der Waals surface area contributed by atoms with Crippen molar-refractivity contribution >= 4 is 44.8 Å². The van der Waals surface area contributed by atoms with Crippen LogP contribution in [0.2, 0.25) is 10.2 Å². The molecule has 0 N–H and O–H groups in total. The van der Waals surface area contributed by atoms with Gasteiger partial charge in [-0.2, -0.15) is 0 Å². The largest absolute Gasteiger partial charge is 0.262 e. The summed E-state index contributed by atoms with van der Waals surface area (Å²) in [6, 6.07) is 5.52. The first kappa shape index (κ1) is 11.9. The van der Waals surface area contributed by atoms with Gasteiger partial charge in [0.05, 0.1) is 17.4 Å². The maximum atomic E-state index is 6.18. The molecule has 0 bridgehead atoms. The second kappa shape index (κ2) is 4.50. The molecule has 0 spiro atoms. The summed E-state index contributed by atoms with van der Waals surface area (Å²) < 4.78 is 2.60. The Labute approximate surface area is 121 Å². The molecule has 0 aliphatic rings. The van der Waals surface area contributed by atoms with E-state index in [-0.39, 0.29) is 0 Å². The maximum Gasteiger partial charge on any atom is 0.180 e. The number of rotatable bonds is 1. The lowest BCUT2D eigenvalue weighted by atomic mass is 10.2. The Bertz CT molecular complexity index is 741. The normalized spacial score (nSPS) is 11.1. The van der Waals surface area contributed by atoms with E-state index in [0.29, 0.717) is 21.6 Å². The minimum absolute atomic E-state index is 0.434. The van der Waals surface area contributed by atoms with Crippen LogP contribution in [0.3, 0.4) is 0 Å². The van der Waals surface area contributed by atoms with Crippen LogP contribution in [0.4, 0.5) is 0 Å². The van der Waals surface area contributed by atoms with Gasteiger partial charge in [-0.05, 0) is 18.2 Å². The molecule has 0 saturated carbocycles. The second-order valence-corrected chi connectivity index (χ2v) is 5.28. The van der Waals surface area contributed by atoms with Crippen LogP contribution in [0.5, 0.6) is 0 Å². The highest BCUT2D eigenvalue weighted by molar-refractivity contribution is 9.10. The lowest BCUT2D eigenvalue weighted by molar-refractivity contribution is 1.11. The quantitative estimate of drug-likeness (QED) is 0.673. The first-order chi connectivity index (χ1) is 8.66. The summed E-state index contributed by atoms with van der Waals surface area (Å²) in [4.78, 5) is 3.96. The van der Waals surface area contributed by atoms with E-state index in [1.807, 2.05) is 12.1 Å². The molecule has 90 valence electrons. The summed E-state index contributed by atoms with van der Waals surface area (Å²) in [5, 5.41) is 9.15. The third kappa shape index (κ3) is 1.88. The van der Waals surface area contributed by atoms with Crippen LogP contribution in [0.25, 0.3) is 17.0 Å². The Morgan fingerprint density at radius 3 is 2.78 bits per heavy atom. The fraction of sp³-hybridized carbons (Fsp3) is 0. The molecule has 0 radical (unpaired) electrons. The number of fused-ring (bicyclic) bond motifs is 1. The predicted octanol–water partition coefficient (Wildman–Crippen LogP) is 3.86. The van der Waals surface area contributed by atoms with Gasteiger partial charge in [-0.15, -0.1) is 10.2 Å². The fourth-order valence-corrected chi connectivity index (χ4v) is 2.44. The lowest BCUT2D eigenvalue weighted by Gasteiger charge is -2.04. The lowest BCUT2D eigenvalue weighted by Crippen LogP contribution is -1.93. The molecule has 0 unspecified atom stereocenters. The number of hydrogen-bond acceptors (Lipinski definition) is 3. The molecular weight excluding hydrogens is 339 g/mol. The van der Waals surface area contributed by atoms with E-state index >= 15 is 0 Å². The minimum atomic E-state index is 0.434. The second-order valence-electron chi connectivity index (χ2n) is 3.57. The minimum Gasteiger partial charge on any atom is -0.262 e. The van der Waals surface area contributed by atoms with Gasteiger partial charge in [0.15, 0.2) is 11.5 Å². The third-order valence-corrected chi connectivity index (χ3v) is 3.53. The van der Waals surface area contributed by atoms with Crippen LogP contribution >= 0.6 is 39.1 Å². The van der Waals surface area contributed by atoms with Gasteiger partial charge in [0.2, 0.25) is 0 Å². The molecule has 2 aromatic heterocycles. The number of nitrogens with zero attached hydrogens (tertiary/aromatic N) is 4. The van der Waals surface area contributed by atoms with Crippen molar-refractivity contribution in [3.05, 3.63) is 45.2 Å². The monoisotopic (exact) mass is 342 g/mol. The van der Waals surface area contributed by atoms with Gasteiger partial charge >= 0.3 is 0 Å². The summed E-state index contributed by atoms with van der Waals surface area (Å²) in [5.74, 6) is 0.587. The molecule has 0 aliphatic carbocycles. The van der Waals surface area contributed by atoms with E-state index in [1.54, 1.807) is 16.7 Å². The van der Waals surface area contributed by atoms with Crippen molar-refractivity contribution < 1.29 is 0 Å². The van der Waals surface area contributed by atoms with Crippen molar-refractivity contribution in [2.75, 3.05) is 0 Å². The summed E-state index contributed by atoms with van der Waals surface area (Å²) in [5.41, 5.74) is 1.33. The van der Waals surface area contributed by atoms with Crippen molar-refractivity contribution in [2.45, 2.75) is 0 Å². The highest BCUT2D eigenvalue weighted by Crippen LogP contribution is 2.30. The van der Waals surface area contributed by atoms with E-state index in [9.17, 15) is 0 Å². The number of benzene rings is 1.